The lowest BCUT2D eigenvalue weighted by Crippen LogP contribution is -1.94. The Kier molecular flexibility index (Phi) is 4.93. The average molecular weight is 336 g/mol. The molecule has 0 spiro atoms. The van der Waals surface area contributed by atoms with E-state index in [1.54, 1.807) is 12.3 Å². The highest BCUT2D eigenvalue weighted by Crippen LogP contribution is 2.30. The van der Waals surface area contributed by atoms with Crippen molar-refractivity contribution >= 4 is 29.6 Å². The summed E-state index contributed by atoms with van der Waals surface area (Å²) in [5.41, 5.74) is 1.72. The second-order valence-corrected chi connectivity index (χ2v) is 5.65. The molecule has 0 fully saturated rings. The molecule has 3 rings (SSSR count). The van der Waals surface area contributed by atoms with Crippen LogP contribution in [0.15, 0.2) is 71.1 Å². The third-order valence-electron chi connectivity index (χ3n) is 3.04. The van der Waals surface area contributed by atoms with Crippen LogP contribution in [0.3, 0.4) is 0 Å². The Hall–Kier alpha value is -3.06. The molecule has 0 atom stereocenters. The van der Waals surface area contributed by atoms with Gasteiger partial charge in [-0.2, -0.15) is 0 Å². The number of hydrogen-bond donors (Lipinski definition) is 0. The van der Waals surface area contributed by atoms with Gasteiger partial charge >= 0.3 is 5.69 Å². The van der Waals surface area contributed by atoms with Crippen LogP contribution in [0.4, 0.5) is 5.69 Å². The van der Waals surface area contributed by atoms with E-state index in [2.05, 4.69) is 15.0 Å². The molecule has 0 aliphatic heterocycles. The smallest absolute Gasteiger partial charge is 0.258 e. The number of nitrogens with zero attached hydrogens (tertiary/aromatic N) is 4. The minimum Gasteiger partial charge on any atom is -0.258 e. The van der Waals surface area contributed by atoms with Gasteiger partial charge in [0.1, 0.15) is 0 Å². The van der Waals surface area contributed by atoms with E-state index in [1.807, 2.05) is 42.5 Å². The second-order valence-electron chi connectivity index (χ2n) is 4.69. The largest absolute Gasteiger partial charge is 0.301 e. The van der Waals surface area contributed by atoms with Crippen molar-refractivity contribution in [3.8, 4) is 0 Å². The van der Waals surface area contributed by atoms with E-state index < -0.39 is 4.92 Å². The summed E-state index contributed by atoms with van der Waals surface area (Å²) in [6, 6.07) is 14.6. The fourth-order valence-electron chi connectivity index (χ4n) is 1.93. The molecule has 0 unspecified atom stereocenters. The third kappa shape index (κ3) is 4.02. The Morgan fingerprint density at radius 1 is 0.958 bits per heavy atom. The number of benzene rings is 1. The van der Waals surface area contributed by atoms with Crippen LogP contribution in [0.2, 0.25) is 0 Å². The Morgan fingerprint density at radius 2 is 1.79 bits per heavy atom. The number of hydrogen-bond acceptors (Lipinski definition) is 6. The Bertz CT molecular complexity index is 885. The molecular weight excluding hydrogens is 324 g/mol. The maximum Gasteiger partial charge on any atom is 0.301 e. The zero-order valence-electron chi connectivity index (χ0n) is 12.4. The normalized spacial score (nSPS) is 10.8. The van der Waals surface area contributed by atoms with Crippen LogP contribution in [-0.2, 0) is 0 Å². The van der Waals surface area contributed by atoms with E-state index in [9.17, 15) is 10.1 Å². The summed E-state index contributed by atoms with van der Waals surface area (Å²) in [4.78, 5) is 23.1. The number of rotatable bonds is 5. The quantitative estimate of drug-likeness (QED) is 0.396. The summed E-state index contributed by atoms with van der Waals surface area (Å²) < 4.78 is 0. The maximum atomic E-state index is 11.0. The fraction of sp³-hybridized carbons (Fsp3) is 0. The summed E-state index contributed by atoms with van der Waals surface area (Å²) in [6.45, 7) is 0. The van der Waals surface area contributed by atoms with E-state index in [-0.39, 0.29) is 10.7 Å². The first-order valence-corrected chi connectivity index (χ1v) is 7.87. The molecule has 0 aliphatic carbocycles. The minimum atomic E-state index is -0.464. The van der Waals surface area contributed by atoms with E-state index >= 15 is 0 Å². The van der Waals surface area contributed by atoms with Gasteiger partial charge in [0.15, 0.2) is 10.2 Å². The van der Waals surface area contributed by atoms with Crippen molar-refractivity contribution in [2.45, 2.75) is 10.2 Å². The van der Waals surface area contributed by atoms with Crippen molar-refractivity contribution in [3.63, 3.8) is 0 Å². The first-order valence-electron chi connectivity index (χ1n) is 7.06. The topological polar surface area (TPSA) is 81.8 Å². The second kappa shape index (κ2) is 7.47. The van der Waals surface area contributed by atoms with Crippen molar-refractivity contribution in [1.82, 2.24) is 15.0 Å². The highest BCUT2D eigenvalue weighted by atomic mass is 32.2. The van der Waals surface area contributed by atoms with Gasteiger partial charge in [-0.1, -0.05) is 36.4 Å². The average Bonchev–Trinajstić information content (AvgIpc) is 2.61. The fourth-order valence-corrected chi connectivity index (χ4v) is 2.73. The molecule has 0 N–H and O–H groups in total. The highest BCUT2D eigenvalue weighted by molar-refractivity contribution is 7.99. The van der Waals surface area contributed by atoms with Gasteiger partial charge in [-0.3, -0.25) is 10.1 Å². The van der Waals surface area contributed by atoms with Gasteiger partial charge in [0.25, 0.3) is 0 Å². The van der Waals surface area contributed by atoms with Crippen molar-refractivity contribution in [2.75, 3.05) is 0 Å². The van der Waals surface area contributed by atoms with Crippen LogP contribution in [0, 0.1) is 10.1 Å². The molecule has 0 aliphatic rings. The van der Waals surface area contributed by atoms with Gasteiger partial charge in [0.2, 0.25) is 0 Å². The molecule has 24 heavy (non-hydrogen) atoms. The highest BCUT2D eigenvalue weighted by Gasteiger charge is 2.16. The van der Waals surface area contributed by atoms with Crippen molar-refractivity contribution in [1.29, 1.82) is 0 Å². The van der Waals surface area contributed by atoms with Gasteiger partial charge in [-0.05, 0) is 35.5 Å². The summed E-state index contributed by atoms with van der Waals surface area (Å²) in [6.07, 6.45) is 6.94. The summed E-state index contributed by atoms with van der Waals surface area (Å²) in [5.74, 6) is 0. The van der Waals surface area contributed by atoms with Crippen molar-refractivity contribution in [2.24, 2.45) is 0 Å². The SMILES string of the molecule is O=[N+]([O-])c1cccnc1Sc1nccc(C=Cc2ccccc2)n1. The molecule has 0 radical (unpaired) electrons. The molecule has 2 aromatic heterocycles. The molecule has 0 saturated carbocycles. The number of pyridine rings is 1. The Balaban J connectivity index is 1.81. The van der Waals surface area contributed by atoms with E-state index in [4.69, 9.17) is 0 Å². The van der Waals surface area contributed by atoms with Crippen LogP contribution in [0.5, 0.6) is 0 Å². The molecule has 118 valence electrons. The first-order chi connectivity index (χ1) is 11.7. The molecule has 7 heteroatoms. The summed E-state index contributed by atoms with van der Waals surface area (Å²) in [5, 5.41) is 11.7. The Labute approximate surface area is 142 Å². The lowest BCUT2D eigenvalue weighted by Gasteiger charge is -2.01. The predicted octanol–water partition coefficient (Wildman–Crippen LogP) is 4.10. The predicted molar refractivity (Wildman–Crippen MR) is 92.4 cm³/mol. The lowest BCUT2D eigenvalue weighted by molar-refractivity contribution is -0.388. The maximum absolute atomic E-state index is 11.0. The lowest BCUT2D eigenvalue weighted by atomic mass is 10.2. The molecule has 6 nitrogen and oxygen atoms in total. The number of nitro groups is 1. The van der Waals surface area contributed by atoms with E-state index in [0.29, 0.717) is 5.16 Å². The summed E-state index contributed by atoms with van der Waals surface area (Å²) >= 11 is 1.07. The molecule has 0 saturated heterocycles. The molecule has 1 aromatic carbocycles. The molecular formula is C17H12N4O2S. The van der Waals surface area contributed by atoms with Crippen molar-refractivity contribution < 1.29 is 4.92 Å². The van der Waals surface area contributed by atoms with Gasteiger partial charge in [0, 0.05) is 18.5 Å². The Morgan fingerprint density at radius 3 is 2.58 bits per heavy atom. The molecule has 0 amide bonds. The van der Waals surface area contributed by atoms with E-state index in [1.165, 1.54) is 18.3 Å². The van der Waals surface area contributed by atoms with Gasteiger partial charge in [0.05, 0.1) is 10.6 Å². The summed E-state index contributed by atoms with van der Waals surface area (Å²) in [7, 11) is 0. The molecule has 3 aromatic rings. The van der Waals surface area contributed by atoms with Crippen LogP contribution >= 0.6 is 11.8 Å². The van der Waals surface area contributed by atoms with Crippen LogP contribution in [-0.4, -0.2) is 19.9 Å². The van der Waals surface area contributed by atoms with Crippen LogP contribution < -0.4 is 0 Å². The first kappa shape index (κ1) is 15.8. The zero-order chi connectivity index (χ0) is 16.8. The number of aromatic nitrogens is 3. The molecule has 2 heterocycles. The van der Waals surface area contributed by atoms with Crippen molar-refractivity contribution in [3.05, 3.63) is 82.3 Å². The minimum absolute atomic E-state index is 0.0590. The van der Waals surface area contributed by atoms with Crippen LogP contribution in [0.25, 0.3) is 12.2 Å². The van der Waals surface area contributed by atoms with Gasteiger partial charge < -0.3 is 0 Å². The monoisotopic (exact) mass is 336 g/mol. The van der Waals surface area contributed by atoms with Gasteiger partial charge in [-0.25, -0.2) is 15.0 Å². The van der Waals surface area contributed by atoms with E-state index in [0.717, 1.165) is 23.0 Å². The van der Waals surface area contributed by atoms with Gasteiger partial charge in [-0.15, -0.1) is 0 Å². The standard InChI is InChI=1S/C17H12N4O2S/c22-21(23)15-7-4-11-18-16(15)24-17-19-12-10-14(20-17)9-8-13-5-2-1-3-6-13/h1-12H. The zero-order valence-corrected chi connectivity index (χ0v) is 13.3. The molecule has 0 bridgehead atoms. The third-order valence-corrected chi connectivity index (χ3v) is 3.92. The van der Waals surface area contributed by atoms with Crippen LogP contribution in [0.1, 0.15) is 11.3 Å².